The average Bonchev–Trinajstić information content (AvgIpc) is 3.19. The molecule has 0 aliphatic carbocycles. The van der Waals surface area contributed by atoms with Gasteiger partial charge in [0.2, 0.25) is 5.91 Å². The van der Waals surface area contributed by atoms with Gasteiger partial charge in [-0.3, -0.25) is 4.79 Å². The lowest BCUT2D eigenvalue weighted by Gasteiger charge is -2.19. The van der Waals surface area contributed by atoms with E-state index in [0.717, 1.165) is 51.4 Å². The number of amides is 1. The van der Waals surface area contributed by atoms with Gasteiger partial charge in [-0.05, 0) is 83.5 Å². The minimum atomic E-state index is -0.873. The zero-order valence-electron chi connectivity index (χ0n) is 36.4. The van der Waals surface area contributed by atoms with E-state index in [0.29, 0.717) is 6.42 Å². The largest absolute Gasteiger partial charge is 0.394 e. The van der Waals surface area contributed by atoms with Crippen molar-refractivity contribution >= 4 is 5.91 Å². The van der Waals surface area contributed by atoms with E-state index in [4.69, 9.17) is 0 Å². The third-order valence-electron chi connectivity index (χ3n) is 10.4. The number of hydrogen-bond donors (Lipinski definition) is 3. The van der Waals surface area contributed by atoms with E-state index in [2.05, 4.69) is 79.9 Å². The first-order valence-corrected chi connectivity index (χ1v) is 23.7. The Kier molecular flexibility index (Phi) is 44.4. The fourth-order valence-corrected chi connectivity index (χ4v) is 6.75. The molecule has 318 valence electrons. The Labute approximate surface area is 342 Å². The Bertz CT molecular complexity index is 961. The van der Waals surface area contributed by atoms with Crippen LogP contribution in [0.5, 0.6) is 0 Å². The molecule has 3 N–H and O–H groups in total. The highest BCUT2D eigenvalue weighted by molar-refractivity contribution is 5.76. The summed E-state index contributed by atoms with van der Waals surface area (Å²) in [4.78, 5) is 12.4. The van der Waals surface area contributed by atoms with Crippen LogP contribution in [0.3, 0.4) is 0 Å². The van der Waals surface area contributed by atoms with Crippen molar-refractivity contribution in [3.8, 4) is 0 Å². The molecule has 0 spiro atoms. The van der Waals surface area contributed by atoms with Crippen LogP contribution in [0.4, 0.5) is 0 Å². The smallest absolute Gasteiger partial charge is 0.220 e. The quantitative estimate of drug-likeness (QED) is 0.0428. The number of unbranched alkanes of at least 4 members (excludes halogenated alkanes) is 25. The molecule has 0 aliphatic heterocycles. The van der Waals surface area contributed by atoms with Crippen LogP contribution in [0, 0.1) is 0 Å². The summed E-state index contributed by atoms with van der Waals surface area (Å²) in [6.07, 6.45) is 65.9. The number of rotatable bonds is 42. The average molecular weight is 766 g/mol. The molecule has 1 amide bonds. The summed E-state index contributed by atoms with van der Waals surface area (Å²) in [5.74, 6) is -0.0823. The molecule has 0 aromatic heterocycles. The van der Waals surface area contributed by atoms with Crippen LogP contribution in [0.25, 0.3) is 0 Å². The van der Waals surface area contributed by atoms with Gasteiger partial charge >= 0.3 is 0 Å². The van der Waals surface area contributed by atoms with Gasteiger partial charge in [-0.25, -0.2) is 0 Å². The summed E-state index contributed by atoms with van der Waals surface area (Å²) in [5.41, 5.74) is 0. The number of hydrogen-bond acceptors (Lipinski definition) is 3. The second-order valence-corrected chi connectivity index (χ2v) is 15.8. The van der Waals surface area contributed by atoms with Gasteiger partial charge in [-0.2, -0.15) is 0 Å². The number of aliphatic hydroxyl groups is 2. The van der Waals surface area contributed by atoms with Gasteiger partial charge in [0.25, 0.3) is 0 Å². The minimum Gasteiger partial charge on any atom is -0.394 e. The number of nitrogens with one attached hydrogen (secondary N) is 1. The molecule has 4 nitrogen and oxygen atoms in total. The molecule has 0 aromatic rings. The van der Waals surface area contributed by atoms with Crippen molar-refractivity contribution in [1.82, 2.24) is 5.32 Å². The SMILES string of the molecule is CCCCCCC/C=C\C/C=C\C/C=C\CCCCCCCCCCCCCCC(=O)NC(CO)C(O)/C=C/CC/C=C/CC/C=C/CCCCCCCC. The van der Waals surface area contributed by atoms with E-state index < -0.39 is 12.1 Å². The molecule has 2 atom stereocenters. The first-order valence-electron chi connectivity index (χ1n) is 23.7. The molecule has 0 saturated heterocycles. The second-order valence-electron chi connectivity index (χ2n) is 15.8. The molecule has 0 bridgehead atoms. The fraction of sp³-hybridized carbons (Fsp3) is 0.745. The van der Waals surface area contributed by atoms with Crippen LogP contribution >= 0.6 is 0 Å². The number of carbonyl (C=O) groups is 1. The maximum atomic E-state index is 12.4. The van der Waals surface area contributed by atoms with E-state index in [1.807, 2.05) is 6.08 Å². The molecule has 0 saturated carbocycles. The van der Waals surface area contributed by atoms with Crippen molar-refractivity contribution < 1.29 is 15.0 Å². The fourth-order valence-electron chi connectivity index (χ4n) is 6.75. The summed E-state index contributed by atoms with van der Waals surface area (Å²) in [6.45, 7) is 4.27. The summed E-state index contributed by atoms with van der Waals surface area (Å²) in [7, 11) is 0. The summed E-state index contributed by atoms with van der Waals surface area (Å²) in [6, 6.07) is -0.649. The van der Waals surface area contributed by atoms with E-state index in [1.165, 1.54) is 154 Å². The summed E-state index contributed by atoms with van der Waals surface area (Å²) in [5, 5.41) is 23.0. The van der Waals surface area contributed by atoms with Crippen LogP contribution in [-0.2, 0) is 4.79 Å². The Morgan fingerprint density at radius 1 is 0.436 bits per heavy atom. The first kappa shape index (κ1) is 52.8. The third kappa shape index (κ3) is 42.8. The zero-order valence-corrected chi connectivity index (χ0v) is 36.4. The number of aliphatic hydroxyl groups excluding tert-OH is 2. The molecule has 0 aliphatic rings. The van der Waals surface area contributed by atoms with Crippen LogP contribution < -0.4 is 5.32 Å². The van der Waals surface area contributed by atoms with E-state index >= 15 is 0 Å². The highest BCUT2D eigenvalue weighted by Crippen LogP contribution is 2.14. The van der Waals surface area contributed by atoms with E-state index in [9.17, 15) is 15.0 Å². The van der Waals surface area contributed by atoms with Crippen molar-refractivity contribution in [3.05, 3.63) is 72.9 Å². The Hall–Kier alpha value is -2.17. The van der Waals surface area contributed by atoms with Crippen molar-refractivity contribution in [2.45, 2.75) is 238 Å². The third-order valence-corrected chi connectivity index (χ3v) is 10.4. The van der Waals surface area contributed by atoms with Crippen molar-refractivity contribution in [3.63, 3.8) is 0 Å². The lowest BCUT2D eigenvalue weighted by atomic mass is 10.0. The zero-order chi connectivity index (χ0) is 40.0. The molecule has 0 aromatic carbocycles. The molecule has 0 radical (unpaired) electrons. The summed E-state index contributed by atoms with van der Waals surface area (Å²) >= 11 is 0. The maximum Gasteiger partial charge on any atom is 0.220 e. The molecule has 2 unspecified atom stereocenters. The Morgan fingerprint density at radius 3 is 1.18 bits per heavy atom. The predicted molar refractivity (Wildman–Crippen MR) is 244 cm³/mol. The van der Waals surface area contributed by atoms with Gasteiger partial charge in [0.15, 0.2) is 0 Å². The Balaban J connectivity index is 3.61. The van der Waals surface area contributed by atoms with Crippen LogP contribution in [-0.4, -0.2) is 34.9 Å². The highest BCUT2D eigenvalue weighted by Gasteiger charge is 2.17. The van der Waals surface area contributed by atoms with Crippen molar-refractivity contribution in [1.29, 1.82) is 0 Å². The molecule has 0 fully saturated rings. The van der Waals surface area contributed by atoms with Gasteiger partial charge < -0.3 is 15.5 Å². The van der Waals surface area contributed by atoms with Gasteiger partial charge in [-0.1, -0.05) is 209 Å². The van der Waals surface area contributed by atoms with Crippen LogP contribution in [0.15, 0.2) is 72.9 Å². The lowest BCUT2D eigenvalue weighted by molar-refractivity contribution is -0.123. The maximum absolute atomic E-state index is 12.4. The minimum absolute atomic E-state index is 0.0823. The first-order chi connectivity index (χ1) is 27.2. The molecular weight excluding hydrogens is 675 g/mol. The number of allylic oxidation sites excluding steroid dienone is 11. The predicted octanol–water partition coefficient (Wildman–Crippen LogP) is 15.1. The molecule has 55 heavy (non-hydrogen) atoms. The topological polar surface area (TPSA) is 69.6 Å². The Morgan fingerprint density at radius 2 is 0.764 bits per heavy atom. The second kappa shape index (κ2) is 46.2. The molecule has 0 rings (SSSR count). The summed E-state index contributed by atoms with van der Waals surface area (Å²) < 4.78 is 0. The van der Waals surface area contributed by atoms with E-state index in [-0.39, 0.29) is 12.5 Å². The molecular formula is C51H91NO3. The highest BCUT2D eigenvalue weighted by atomic mass is 16.3. The normalized spacial score (nSPS) is 13.6. The standard InChI is InChI=1S/C51H91NO3/c1-3-5-7-9-11-13-15-17-19-21-22-23-24-25-26-27-28-29-30-31-33-35-37-39-41-43-45-47-51(55)52-49(48-53)50(54)46-44-42-40-38-36-34-32-20-18-16-14-12-10-8-6-4-2/h15,17-18,20-22,24-25,36,38,44,46,49-50,53-54H,3-14,16,19,23,26-35,37,39-43,45,47-48H2,1-2H3,(H,52,55)/b17-15-,20-18+,22-21-,25-24-,38-36+,46-44+. The van der Waals surface area contributed by atoms with Gasteiger partial charge in [-0.15, -0.1) is 0 Å². The van der Waals surface area contributed by atoms with Gasteiger partial charge in [0.1, 0.15) is 0 Å². The van der Waals surface area contributed by atoms with Crippen LogP contribution in [0.1, 0.15) is 226 Å². The number of carbonyl (C=O) groups excluding carboxylic acids is 1. The van der Waals surface area contributed by atoms with Crippen molar-refractivity contribution in [2.75, 3.05) is 6.61 Å². The monoisotopic (exact) mass is 766 g/mol. The molecule has 4 heteroatoms. The van der Waals surface area contributed by atoms with Gasteiger partial charge in [0, 0.05) is 6.42 Å². The van der Waals surface area contributed by atoms with Gasteiger partial charge in [0.05, 0.1) is 18.8 Å². The van der Waals surface area contributed by atoms with Crippen molar-refractivity contribution in [2.24, 2.45) is 0 Å². The molecule has 0 heterocycles. The van der Waals surface area contributed by atoms with E-state index in [1.54, 1.807) is 6.08 Å². The lowest BCUT2D eigenvalue weighted by Crippen LogP contribution is -2.45. The van der Waals surface area contributed by atoms with Crippen LogP contribution in [0.2, 0.25) is 0 Å².